The Bertz CT molecular complexity index is 1340. The van der Waals surface area contributed by atoms with Crippen LogP contribution in [0.2, 0.25) is 0 Å². The van der Waals surface area contributed by atoms with Crippen LogP contribution in [0.5, 0.6) is 0 Å². The summed E-state index contributed by atoms with van der Waals surface area (Å²) < 4.78 is 0. The first-order valence-electron chi connectivity index (χ1n) is 11.7. The van der Waals surface area contributed by atoms with Crippen molar-refractivity contribution >= 4 is 51.9 Å². The molecule has 2 heterocycles. The molecule has 182 valence electrons. The molecule has 36 heavy (non-hydrogen) atoms. The smallest absolute Gasteiger partial charge is 0.262 e. The number of hydrogen-bond acceptors (Lipinski definition) is 6. The van der Waals surface area contributed by atoms with E-state index in [4.69, 9.17) is 5.10 Å². The van der Waals surface area contributed by atoms with Crippen molar-refractivity contribution in [3.05, 3.63) is 95.6 Å². The summed E-state index contributed by atoms with van der Waals surface area (Å²) in [6, 6.07) is 26.0. The van der Waals surface area contributed by atoms with E-state index < -0.39 is 5.25 Å². The number of carbonyl (C=O) groups excluding carboxylic acids is 2. The maximum absolute atomic E-state index is 12.8. The lowest BCUT2D eigenvalue weighted by molar-refractivity contribution is -0.121. The van der Waals surface area contributed by atoms with E-state index in [2.05, 4.69) is 53.6 Å². The minimum absolute atomic E-state index is 0.0539. The van der Waals surface area contributed by atoms with Crippen LogP contribution in [0.4, 0.5) is 5.69 Å². The van der Waals surface area contributed by atoms with Gasteiger partial charge in [0.15, 0.2) is 5.17 Å². The highest BCUT2D eigenvalue weighted by molar-refractivity contribution is 8.15. The molecule has 3 aromatic rings. The summed E-state index contributed by atoms with van der Waals surface area (Å²) in [4.78, 5) is 30.9. The second-order valence-corrected chi connectivity index (χ2v) is 10.8. The summed E-state index contributed by atoms with van der Waals surface area (Å²) in [6.45, 7) is 2.06. The number of aryl methyl sites for hydroxylation is 1. The number of aliphatic imine (C=N–C) groups is 1. The molecule has 0 aromatic heterocycles. The van der Waals surface area contributed by atoms with Crippen molar-refractivity contribution in [3.8, 4) is 0 Å². The van der Waals surface area contributed by atoms with Gasteiger partial charge in [0.05, 0.1) is 11.8 Å². The lowest BCUT2D eigenvalue weighted by atomic mass is 9.98. The molecule has 0 radical (unpaired) electrons. The highest BCUT2D eigenvalue weighted by atomic mass is 32.2. The topological polar surface area (TPSA) is 74.1 Å². The Labute approximate surface area is 219 Å². The Balaban J connectivity index is 1.33. The van der Waals surface area contributed by atoms with E-state index in [1.807, 2.05) is 53.7 Å². The first kappa shape index (κ1) is 24.3. The maximum Gasteiger partial charge on any atom is 0.262 e. The second kappa shape index (κ2) is 10.7. The minimum Gasteiger partial charge on any atom is -0.326 e. The largest absolute Gasteiger partial charge is 0.326 e. The van der Waals surface area contributed by atoms with Gasteiger partial charge in [-0.1, -0.05) is 78.0 Å². The van der Waals surface area contributed by atoms with Crippen LogP contribution in [0.25, 0.3) is 0 Å². The van der Waals surface area contributed by atoms with Gasteiger partial charge in [-0.25, -0.2) is 5.01 Å². The molecule has 1 N–H and O–H groups in total. The van der Waals surface area contributed by atoms with E-state index in [-0.39, 0.29) is 24.3 Å². The lowest BCUT2D eigenvalue weighted by Crippen LogP contribution is -2.25. The summed E-state index contributed by atoms with van der Waals surface area (Å²) >= 11 is 2.92. The molecule has 0 saturated heterocycles. The van der Waals surface area contributed by atoms with Crippen molar-refractivity contribution in [2.24, 2.45) is 10.1 Å². The summed E-state index contributed by atoms with van der Waals surface area (Å²) in [5, 5.41) is 9.64. The van der Waals surface area contributed by atoms with Gasteiger partial charge in [-0.3, -0.25) is 9.59 Å². The molecule has 2 amide bonds. The lowest BCUT2D eigenvalue weighted by Gasteiger charge is -2.23. The predicted molar refractivity (Wildman–Crippen MR) is 149 cm³/mol. The quantitative estimate of drug-likeness (QED) is 0.415. The SMILES string of the molecule is CSc1cccc(NC(=O)C[C@@H]2SC(N3N=C(c4ccc(C)cc4)C[C@@H]3c3ccccc3)=NC2=O)c1. The Morgan fingerprint density at radius 2 is 1.86 bits per heavy atom. The normalized spacial score (nSPS) is 19.3. The average molecular weight is 515 g/mol. The monoisotopic (exact) mass is 514 g/mol. The fourth-order valence-corrected chi connectivity index (χ4v) is 5.75. The van der Waals surface area contributed by atoms with Gasteiger partial charge in [0, 0.05) is 23.4 Å². The van der Waals surface area contributed by atoms with Crippen LogP contribution < -0.4 is 5.32 Å². The zero-order valence-corrected chi connectivity index (χ0v) is 21.7. The molecule has 0 unspecified atom stereocenters. The van der Waals surface area contributed by atoms with Gasteiger partial charge < -0.3 is 5.32 Å². The number of thioether (sulfide) groups is 2. The fraction of sp³-hybridized carbons (Fsp3) is 0.214. The molecule has 0 spiro atoms. The van der Waals surface area contributed by atoms with Gasteiger partial charge in [0.2, 0.25) is 5.91 Å². The summed E-state index contributed by atoms with van der Waals surface area (Å²) in [5.41, 5.74) is 5.03. The number of hydrogen-bond donors (Lipinski definition) is 1. The van der Waals surface area contributed by atoms with Gasteiger partial charge in [-0.2, -0.15) is 10.1 Å². The Hall–Kier alpha value is -3.36. The van der Waals surface area contributed by atoms with Crippen molar-refractivity contribution in [3.63, 3.8) is 0 Å². The summed E-state index contributed by atoms with van der Waals surface area (Å²) in [6.07, 6.45) is 2.75. The number of rotatable bonds is 6. The molecule has 0 aliphatic carbocycles. The summed E-state index contributed by atoms with van der Waals surface area (Å²) in [5.74, 6) is -0.505. The molecule has 2 aliphatic rings. The van der Waals surface area contributed by atoms with Crippen molar-refractivity contribution in [1.29, 1.82) is 0 Å². The average Bonchev–Trinajstić information content (AvgIpc) is 3.49. The van der Waals surface area contributed by atoms with Crippen molar-refractivity contribution < 1.29 is 9.59 Å². The molecular formula is C28H26N4O2S2. The molecule has 0 bridgehead atoms. The first-order valence-corrected chi connectivity index (χ1v) is 13.8. The number of amides is 2. The van der Waals surface area contributed by atoms with Gasteiger partial charge in [-0.15, -0.1) is 11.8 Å². The molecule has 3 aromatic carbocycles. The zero-order valence-electron chi connectivity index (χ0n) is 20.0. The van der Waals surface area contributed by atoms with Crippen LogP contribution in [-0.4, -0.2) is 39.2 Å². The third-order valence-electron chi connectivity index (χ3n) is 6.13. The first-order chi connectivity index (χ1) is 17.5. The summed E-state index contributed by atoms with van der Waals surface area (Å²) in [7, 11) is 0. The van der Waals surface area contributed by atoms with Gasteiger partial charge in [0.25, 0.3) is 5.91 Å². The molecule has 5 rings (SSSR count). The van der Waals surface area contributed by atoms with Crippen molar-refractivity contribution in [2.75, 3.05) is 11.6 Å². The van der Waals surface area contributed by atoms with Crippen LogP contribution in [0.15, 0.2) is 93.9 Å². The third-order valence-corrected chi connectivity index (χ3v) is 8.00. The highest BCUT2D eigenvalue weighted by Gasteiger charge is 2.39. The van der Waals surface area contributed by atoms with Crippen LogP contribution in [0, 0.1) is 6.92 Å². The number of hydrazone groups is 1. The van der Waals surface area contributed by atoms with Crippen LogP contribution in [0.1, 0.15) is 35.6 Å². The van der Waals surface area contributed by atoms with Crippen molar-refractivity contribution in [1.82, 2.24) is 5.01 Å². The Morgan fingerprint density at radius 3 is 2.61 bits per heavy atom. The molecule has 8 heteroatoms. The predicted octanol–water partition coefficient (Wildman–Crippen LogP) is 5.89. The third kappa shape index (κ3) is 5.39. The van der Waals surface area contributed by atoms with Crippen molar-refractivity contribution in [2.45, 2.75) is 36.0 Å². The van der Waals surface area contributed by atoms with Crippen LogP contribution in [-0.2, 0) is 9.59 Å². The molecule has 2 aliphatic heterocycles. The van der Waals surface area contributed by atoms with E-state index in [0.29, 0.717) is 11.6 Å². The Kier molecular flexibility index (Phi) is 7.25. The van der Waals surface area contributed by atoms with E-state index in [1.54, 1.807) is 11.8 Å². The van der Waals surface area contributed by atoms with Gasteiger partial charge in [-0.05, 0) is 42.5 Å². The zero-order chi connectivity index (χ0) is 25.1. The second-order valence-electron chi connectivity index (χ2n) is 8.71. The highest BCUT2D eigenvalue weighted by Crippen LogP contribution is 2.38. The molecular weight excluding hydrogens is 488 g/mol. The fourth-order valence-electron chi connectivity index (χ4n) is 4.23. The van der Waals surface area contributed by atoms with E-state index in [9.17, 15) is 9.59 Å². The number of nitrogens with one attached hydrogen (secondary N) is 1. The minimum atomic E-state index is -0.571. The molecule has 6 nitrogen and oxygen atoms in total. The number of amidine groups is 1. The van der Waals surface area contributed by atoms with Gasteiger partial charge >= 0.3 is 0 Å². The number of benzene rings is 3. The van der Waals surface area contributed by atoms with Crippen LogP contribution >= 0.6 is 23.5 Å². The van der Waals surface area contributed by atoms with E-state index in [1.165, 1.54) is 17.3 Å². The number of nitrogens with zero attached hydrogens (tertiary/aromatic N) is 3. The van der Waals surface area contributed by atoms with E-state index in [0.717, 1.165) is 27.4 Å². The number of carbonyl (C=O) groups is 2. The standard InChI is InChI=1S/C28H26N4O2S2/c1-18-11-13-19(14-12-18)23-16-24(20-7-4-3-5-8-20)32(31-23)28-30-27(34)25(36-28)17-26(33)29-21-9-6-10-22(15-21)35-2/h3-15,24-25H,16-17H2,1-2H3,(H,29,33)/t24-,25+/m1/s1. The van der Waals surface area contributed by atoms with Crippen LogP contribution in [0.3, 0.4) is 0 Å². The van der Waals surface area contributed by atoms with Gasteiger partial charge in [0.1, 0.15) is 5.25 Å². The number of anilines is 1. The molecule has 0 fully saturated rings. The molecule has 0 saturated carbocycles. The van der Waals surface area contributed by atoms with E-state index >= 15 is 0 Å². The maximum atomic E-state index is 12.8. The Morgan fingerprint density at radius 1 is 1.08 bits per heavy atom. The molecule has 2 atom stereocenters.